The van der Waals surface area contributed by atoms with Crippen molar-refractivity contribution in [3.05, 3.63) is 29.8 Å². The van der Waals surface area contributed by atoms with Crippen molar-refractivity contribution in [1.82, 2.24) is 4.72 Å². The number of nitrogens with one attached hydrogen (secondary N) is 1. The van der Waals surface area contributed by atoms with Gasteiger partial charge in [-0.05, 0) is 30.9 Å². The molecule has 0 bridgehead atoms. The van der Waals surface area contributed by atoms with Crippen molar-refractivity contribution >= 4 is 10.0 Å². The fourth-order valence-electron chi connectivity index (χ4n) is 2.45. The first-order valence-corrected chi connectivity index (χ1v) is 7.86. The number of halogens is 2. The molecule has 1 saturated carbocycles. The molecule has 6 heteroatoms. The third kappa shape index (κ3) is 3.30. The molecule has 106 valence electrons. The molecule has 0 radical (unpaired) electrons. The Morgan fingerprint density at radius 2 is 1.89 bits per heavy atom. The second kappa shape index (κ2) is 5.54. The molecule has 0 aliphatic heterocycles. The Labute approximate surface area is 112 Å². The number of hydrogen-bond acceptors (Lipinski definition) is 2. The quantitative estimate of drug-likeness (QED) is 0.930. The molecular weight excluding hydrogens is 272 g/mol. The molecular formula is C13H17F2NO2S. The van der Waals surface area contributed by atoms with E-state index in [0.717, 1.165) is 37.8 Å². The van der Waals surface area contributed by atoms with E-state index < -0.39 is 26.6 Å². The van der Waals surface area contributed by atoms with Crippen molar-refractivity contribution in [3.8, 4) is 0 Å². The van der Waals surface area contributed by atoms with E-state index >= 15 is 0 Å². The van der Waals surface area contributed by atoms with E-state index in [1.807, 2.05) is 6.92 Å². The number of benzene rings is 1. The zero-order valence-electron chi connectivity index (χ0n) is 10.7. The molecule has 3 nitrogen and oxygen atoms in total. The molecule has 19 heavy (non-hydrogen) atoms. The lowest BCUT2D eigenvalue weighted by molar-refractivity contribution is 0.310. The number of hydrogen-bond donors (Lipinski definition) is 1. The zero-order valence-corrected chi connectivity index (χ0v) is 11.5. The third-order valence-electron chi connectivity index (χ3n) is 3.60. The highest BCUT2D eigenvalue weighted by Crippen LogP contribution is 2.26. The summed E-state index contributed by atoms with van der Waals surface area (Å²) in [6.07, 6.45) is 3.76. The van der Waals surface area contributed by atoms with E-state index in [1.54, 1.807) is 0 Å². The molecule has 0 saturated heterocycles. The first-order valence-electron chi connectivity index (χ1n) is 6.37. The highest BCUT2D eigenvalue weighted by Gasteiger charge is 2.28. The van der Waals surface area contributed by atoms with Gasteiger partial charge < -0.3 is 0 Å². The van der Waals surface area contributed by atoms with Crippen LogP contribution in [0.1, 0.15) is 32.6 Å². The second-order valence-electron chi connectivity index (χ2n) is 5.06. The number of sulfonamides is 1. The minimum absolute atomic E-state index is 0.178. The molecule has 1 N–H and O–H groups in total. The first kappa shape index (κ1) is 14.4. The van der Waals surface area contributed by atoms with Gasteiger partial charge >= 0.3 is 0 Å². The summed E-state index contributed by atoms with van der Waals surface area (Å²) in [7, 11) is -3.93. The minimum atomic E-state index is -3.93. The Balaban J connectivity index is 2.22. The molecule has 1 aliphatic carbocycles. The van der Waals surface area contributed by atoms with Crippen LogP contribution < -0.4 is 4.72 Å². The SMILES string of the molecule is C[C@@H]1CCCC[C@H]1NS(=O)(=O)c1ccc(F)cc1F. The van der Waals surface area contributed by atoms with Crippen molar-refractivity contribution in [2.75, 3.05) is 0 Å². The summed E-state index contributed by atoms with van der Waals surface area (Å²) >= 11 is 0. The van der Waals surface area contributed by atoms with E-state index in [1.165, 1.54) is 0 Å². The van der Waals surface area contributed by atoms with Crippen molar-refractivity contribution in [2.45, 2.75) is 43.5 Å². The molecule has 1 aromatic rings. The smallest absolute Gasteiger partial charge is 0.208 e. The summed E-state index contributed by atoms with van der Waals surface area (Å²) < 4.78 is 53.1. The van der Waals surface area contributed by atoms with Crippen molar-refractivity contribution in [1.29, 1.82) is 0 Å². The lowest BCUT2D eigenvalue weighted by Crippen LogP contribution is -2.41. The van der Waals surface area contributed by atoms with E-state index in [4.69, 9.17) is 0 Å². The van der Waals surface area contributed by atoms with Gasteiger partial charge in [0.25, 0.3) is 0 Å². The highest BCUT2D eigenvalue weighted by molar-refractivity contribution is 7.89. The Bertz CT molecular complexity index is 560. The molecule has 0 heterocycles. The van der Waals surface area contributed by atoms with E-state index in [2.05, 4.69) is 4.72 Å². The largest absolute Gasteiger partial charge is 0.243 e. The van der Waals surface area contributed by atoms with Gasteiger partial charge in [0.1, 0.15) is 16.5 Å². The summed E-state index contributed by atoms with van der Waals surface area (Å²) in [6.45, 7) is 1.98. The third-order valence-corrected chi connectivity index (χ3v) is 5.12. The maximum atomic E-state index is 13.5. The molecule has 2 rings (SSSR count). The van der Waals surface area contributed by atoms with Crippen molar-refractivity contribution in [2.24, 2.45) is 5.92 Å². The molecule has 1 aliphatic rings. The predicted molar refractivity (Wildman–Crippen MR) is 68.1 cm³/mol. The van der Waals surface area contributed by atoms with Crippen molar-refractivity contribution in [3.63, 3.8) is 0 Å². The van der Waals surface area contributed by atoms with Crippen LogP contribution in [-0.4, -0.2) is 14.5 Å². The molecule has 0 unspecified atom stereocenters. The maximum absolute atomic E-state index is 13.5. The summed E-state index contributed by atoms with van der Waals surface area (Å²) in [4.78, 5) is -0.494. The predicted octanol–water partition coefficient (Wildman–Crippen LogP) is 2.82. The lowest BCUT2D eigenvalue weighted by atomic mass is 9.87. The highest BCUT2D eigenvalue weighted by atomic mass is 32.2. The van der Waals surface area contributed by atoms with Crippen molar-refractivity contribution < 1.29 is 17.2 Å². The Hall–Kier alpha value is -1.01. The van der Waals surface area contributed by atoms with Crippen LogP contribution in [0.2, 0.25) is 0 Å². The van der Waals surface area contributed by atoms with Gasteiger partial charge in [-0.3, -0.25) is 0 Å². The van der Waals surface area contributed by atoms with Crippen LogP contribution in [-0.2, 0) is 10.0 Å². The molecule has 2 atom stereocenters. The second-order valence-corrected chi connectivity index (χ2v) is 6.75. The average molecular weight is 289 g/mol. The van der Waals surface area contributed by atoms with Gasteiger partial charge in [-0.15, -0.1) is 0 Å². The maximum Gasteiger partial charge on any atom is 0.243 e. The van der Waals surface area contributed by atoms with Crippen LogP contribution in [0.15, 0.2) is 23.1 Å². The lowest BCUT2D eigenvalue weighted by Gasteiger charge is -2.29. The van der Waals surface area contributed by atoms with Crippen LogP contribution in [0.4, 0.5) is 8.78 Å². The molecule has 1 aromatic carbocycles. The van der Waals surface area contributed by atoms with E-state index in [-0.39, 0.29) is 12.0 Å². The van der Waals surface area contributed by atoms with E-state index in [0.29, 0.717) is 6.07 Å². The minimum Gasteiger partial charge on any atom is -0.208 e. The molecule has 0 spiro atoms. The van der Waals surface area contributed by atoms with Crippen LogP contribution in [0.5, 0.6) is 0 Å². The molecule has 1 fully saturated rings. The van der Waals surface area contributed by atoms with Gasteiger partial charge in [-0.2, -0.15) is 0 Å². The van der Waals surface area contributed by atoms with E-state index in [9.17, 15) is 17.2 Å². The zero-order chi connectivity index (χ0) is 14.0. The summed E-state index contributed by atoms with van der Waals surface area (Å²) in [5.74, 6) is -1.62. The van der Waals surface area contributed by atoms with Gasteiger partial charge in [0, 0.05) is 12.1 Å². The Kier molecular flexibility index (Phi) is 4.20. The fraction of sp³-hybridized carbons (Fsp3) is 0.538. The van der Waals surface area contributed by atoms with Gasteiger partial charge in [-0.1, -0.05) is 19.8 Å². The Morgan fingerprint density at radius 1 is 1.21 bits per heavy atom. The average Bonchev–Trinajstić information content (AvgIpc) is 2.31. The van der Waals surface area contributed by atoms with Crippen LogP contribution in [0.3, 0.4) is 0 Å². The molecule has 0 aromatic heterocycles. The number of rotatable bonds is 3. The first-order chi connectivity index (χ1) is 8.90. The van der Waals surface area contributed by atoms with Gasteiger partial charge in [0.15, 0.2) is 0 Å². The Morgan fingerprint density at radius 3 is 2.53 bits per heavy atom. The van der Waals surface area contributed by atoms with Crippen LogP contribution in [0.25, 0.3) is 0 Å². The summed E-state index contributed by atoms with van der Waals surface area (Å²) in [6, 6.07) is 2.31. The van der Waals surface area contributed by atoms with Crippen LogP contribution >= 0.6 is 0 Å². The fourth-order valence-corrected chi connectivity index (χ4v) is 3.89. The monoisotopic (exact) mass is 289 g/mol. The van der Waals surface area contributed by atoms with Crippen LogP contribution in [0, 0.1) is 17.6 Å². The standard InChI is InChI=1S/C13H17F2NO2S/c1-9-4-2-3-5-12(9)16-19(17,18)13-7-6-10(14)8-11(13)15/h6-9,12,16H,2-5H2,1H3/t9-,12-/m1/s1. The summed E-state index contributed by atoms with van der Waals surface area (Å²) in [5.41, 5.74) is 0. The van der Waals surface area contributed by atoms with Gasteiger partial charge in [0.2, 0.25) is 10.0 Å². The topological polar surface area (TPSA) is 46.2 Å². The van der Waals surface area contributed by atoms with Gasteiger partial charge in [-0.25, -0.2) is 21.9 Å². The normalized spacial score (nSPS) is 24.4. The van der Waals surface area contributed by atoms with Gasteiger partial charge in [0.05, 0.1) is 0 Å². The summed E-state index contributed by atoms with van der Waals surface area (Å²) in [5, 5.41) is 0. The molecule has 0 amide bonds.